The molecule has 0 aliphatic heterocycles. The Morgan fingerprint density at radius 2 is 1.71 bits per heavy atom. The number of rotatable bonds is 4. The van der Waals surface area contributed by atoms with Crippen molar-refractivity contribution < 1.29 is 14.3 Å². The number of carbonyl (C=O) groups is 1. The first-order valence-electron chi connectivity index (χ1n) is 7.30. The van der Waals surface area contributed by atoms with E-state index in [1.165, 1.54) is 0 Å². The zero-order valence-corrected chi connectivity index (χ0v) is 12.3. The van der Waals surface area contributed by atoms with E-state index in [0.717, 1.165) is 23.1 Å². The quantitative estimate of drug-likeness (QED) is 0.733. The first-order chi connectivity index (χ1) is 10.3. The zero-order valence-electron chi connectivity index (χ0n) is 12.3. The van der Waals surface area contributed by atoms with Crippen molar-refractivity contribution >= 4 is 5.78 Å². The van der Waals surface area contributed by atoms with E-state index in [-0.39, 0.29) is 5.78 Å². The van der Waals surface area contributed by atoms with Crippen LogP contribution in [0.4, 0.5) is 0 Å². The maximum atomic E-state index is 12.8. The number of fused-ring (bicyclic) bond motifs is 2. The standard InChI is InChI=1S/C18H18O3/c1-3-20-15-10-9-13-11-12-7-5-6-8-14(12)17(19)16(13)18(15)21-4-2/h5-10H,3-4,11H2,1-2H3. The molecule has 0 heterocycles. The zero-order chi connectivity index (χ0) is 14.8. The van der Waals surface area contributed by atoms with Gasteiger partial charge in [0.2, 0.25) is 0 Å². The minimum absolute atomic E-state index is 0.0249. The topological polar surface area (TPSA) is 35.5 Å². The van der Waals surface area contributed by atoms with Crippen molar-refractivity contribution in [3.63, 3.8) is 0 Å². The Hall–Kier alpha value is -2.29. The largest absolute Gasteiger partial charge is 0.490 e. The highest BCUT2D eigenvalue weighted by molar-refractivity contribution is 6.14. The molecule has 108 valence electrons. The normalized spacial score (nSPS) is 12.6. The summed E-state index contributed by atoms with van der Waals surface area (Å²) in [5, 5.41) is 0. The predicted octanol–water partition coefficient (Wildman–Crippen LogP) is 3.62. The Morgan fingerprint density at radius 1 is 0.952 bits per heavy atom. The molecule has 3 rings (SSSR count). The Balaban J connectivity index is 2.16. The van der Waals surface area contributed by atoms with Gasteiger partial charge in [-0.2, -0.15) is 0 Å². The third-order valence-corrected chi connectivity index (χ3v) is 3.67. The first kappa shape index (κ1) is 13.7. The molecule has 0 amide bonds. The molecule has 0 unspecified atom stereocenters. The Kier molecular flexibility index (Phi) is 3.65. The van der Waals surface area contributed by atoms with Crippen molar-refractivity contribution in [1.82, 2.24) is 0 Å². The van der Waals surface area contributed by atoms with Gasteiger partial charge in [0, 0.05) is 5.56 Å². The van der Waals surface area contributed by atoms with E-state index in [2.05, 4.69) is 0 Å². The van der Waals surface area contributed by atoms with Gasteiger partial charge in [0.05, 0.1) is 18.8 Å². The molecule has 1 aliphatic rings. The molecule has 0 aromatic heterocycles. The molecule has 0 N–H and O–H groups in total. The van der Waals surface area contributed by atoms with Gasteiger partial charge in [-0.3, -0.25) is 4.79 Å². The summed E-state index contributed by atoms with van der Waals surface area (Å²) < 4.78 is 11.3. The Labute approximate surface area is 124 Å². The van der Waals surface area contributed by atoms with Crippen molar-refractivity contribution in [3.8, 4) is 11.5 Å². The number of ketones is 1. The number of hydrogen-bond donors (Lipinski definition) is 0. The summed E-state index contributed by atoms with van der Waals surface area (Å²) in [6.45, 7) is 4.89. The van der Waals surface area contributed by atoms with E-state index >= 15 is 0 Å². The van der Waals surface area contributed by atoms with E-state index in [4.69, 9.17) is 9.47 Å². The second-order valence-corrected chi connectivity index (χ2v) is 4.96. The maximum absolute atomic E-state index is 12.8. The molecule has 21 heavy (non-hydrogen) atoms. The van der Waals surface area contributed by atoms with Crippen molar-refractivity contribution in [3.05, 3.63) is 58.7 Å². The van der Waals surface area contributed by atoms with E-state index in [9.17, 15) is 4.79 Å². The molecule has 2 aromatic carbocycles. The molecule has 3 nitrogen and oxygen atoms in total. The van der Waals surface area contributed by atoms with Gasteiger partial charge < -0.3 is 9.47 Å². The van der Waals surface area contributed by atoms with Gasteiger partial charge in [-0.05, 0) is 37.5 Å². The van der Waals surface area contributed by atoms with Gasteiger partial charge in [0.25, 0.3) is 0 Å². The molecule has 2 aromatic rings. The lowest BCUT2D eigenvalue weighted by Crippen LogP contribution is -2.17. The minimum atomic E-state index is 0.0249. The van der Waals surface area contributed by atoms with Crippen LogP contribution in [0.1, 0.15) is 40.9 Å². The van der Waals surface area contributed by atoms with Gasteiger partial charge in [-0.25, -0.2) is 0 Å². The van der Waals surface area contributed by atoms with E-state index in [0.29, 0.717) is 30.3 Å². The number of carbonyl (C=O) groups excluding carboxylic acids is 1. The van der Waals surface area contributed by atoms with Gasteiger partial charge >= 0.3 is 0 Å². The molecule has 3 heteroatoms. The van der Waals surface area contributed by atoms with E-state index in [1.54, 1.807) is 0 Å². The summed E-state index contributed by atoms with van der Waals surface area (Å²) in [5.41, 5.74) is 3.49. The first-order valence-corrected chi connectivity index (χ1v) is 7.30. The van der Waals surface area contributed by atoms with Gasteiger partial charge in [0.15, 0.2) is 17.3 Å². The molecular formula is C18H18O3. The highest BCUT2D eigenvalue weighted by Crippen LogP contribution is 2.39. The van der Waals surface area contributed by atoms with Crippen molar-refractivity contribution in [1.29, 1.82) is 0 Å². The summed E-state index contributed by atoms with van der Waals surface area (Å²) in [7, 11) is 0. The monoisotopic (exact) mass is 282 g/mol. The summed E-state index contributed by atoms with van der Waals surface area (Å²) in [5.74, 6) is 1.25. The molecule has 0 radical (unpaired) electrons. The number of benzene rings is 2. The molecule has 0 saturated heterocycles. The van der Waals surface area contributed by atoms with Crippen LogP contribution in [0.15, 0.2) is 36.4 Å². The fraction of sp³-hybridized carbons (Fsp3) is 0.278. The fourth-order valence-electron chi connectivity index (χ4n) is 2.79. The third-order valence-electron chi connectivity index (χ3n) is 3.67. The van der Waals surface area contributed by atoms with Gasteiger partial charge in [0.1, 0.15) is 0 Å². The molecule has 0 atom stereocenters. The van der Waals surface area contributed by atoms with Crippen LogP contribution in [-0.4, -0.2) is 19.0 Å². The van der Waals surface area contributed by atoms with Crippen LogP contribution in [0.25, 0.3) is 0 Å². The summed E-state index contributed by atoms with van der Waals surface area (Å²) in [6, 6.07) is 11.6. The minimum Gasteiger partial charge on any atom is -0.490 e. The van der Waals surface area contributed by atoms with Crippen LogP contribution in [0.5, 0.6) is 11.5 Å². The van der Waals surface area contributed by atoms with Crippen molar-refractivity contribution in [2.24, 2.45) is 0 Å². The summed E-state index contributed by atoms with van der Waals surface area (Å²) in [6.07, 6.45) is 0.754. The smallest absolute Gasteiger partial charge is 0.197 e. The van der Waals surface area contributed by atoms with E-state index < -0.39 is 0 Å². The van der Waals surface area contributed by atoms with Gasteiger partial charge in [-0.15, -0.1) is 0 Å². The van der Waals surface area contributed by atoms with Crippen LogP contribution < -0.4 is 9.47 Å². The van der Waals surface area contributed by atoms with Crippen molar-refractivity contribution in [2.45, 2.75) is 20.3 Å². The predicted molar refractivity (Wildman–Crippen MR) is 81.5 cm³/mol. The second kappa shape index (κ2) is 5.60. The highest BCUT2D eigenvalue weighted by Gasteiger charge is 2.28. The molecular weight excluding hydrogens is 264 g/mol. The lowest BCUT2D eigenvalue weighted by Gasteiger charge is -2.22. The lowest BCUT2D eigenvalue weighted by molar-refractivity contribution is 0.103. The Morgan fingerprint density at radius 3 is 2.48 bits per heavy atom. The fourth-order valence-corrected chi connectivity index (χ4v) is 2.79. The average molecular weight is 282 g/mol. The van der Waals surface area contributed by atoms with Crippen LogP contribution in [0.2, 0.25) is 0 Å². The van der Waals surface area contributed by atoms with E-state index in [1.807, 2.05) is 50.2 Å². The SMILES string of the molecule is CCOc1ccc2c(c1OCC)C(=O)c1ccccc1C2. The van der Waals surface area contributed by atoms with Gasteiger partial charge in [-0.1, -0.05) is 30.3 Å². The maximum Gasteiger partial charge on any atom is 0.197 e. The van der Waals surface area contributed by atoms with Crippen LogP contribution in [0.3, 0.4) is 0 Å². The summed E-state index contributed by atoms with van der Waals surface area (Å²) in [4.78, 5) is 12.8. The number of ether oxygens (including phenoxy) is 2. The average Bonchev–Trinajstić information content (AvgIpc) is 2.50. The highest BCUT2D eigenvalue weighted by atomic mass is 16.5. The molecule has 0 bridgehead atoms. The summed E-state index contributed by atoms with van der Waals surface area (Å²) >= 11 is 0. The van der Waals surface area contributed by atoms with Crippen LogP contribution in [0, 0.1) is 0 Å². The molecule has 1 aliphatic carbocycles. The lowest BCUT2D eigenvalue weighted by atomic mass is 9.84. The van der Waals surface area contributed by atoms with Crippen LogP contribution in [-0.2, 0) is 6.42 Å². The number of hydrogen-bond acceptors (Lipinski definition) is 3. The van der Waals surface area contributed by atoms with Crippen LogP contribution >= 0.6 is 0 Å². The van der Waals surface area contributed by atoms with Crippen molar-refractivity contribution in [2.75, 3.05) is 13.2 Å². The third kappa shape index (κ3) is 2.29. The second-order valence-electron chi connectivity index (χ2n) is 4.96. The molecule has 0 spiro atoms. The Bertz CT molecular complexity index is 689. The molecule has 0 saturated carbocycles. The molecule has 0 fully saturated rings.